The van der Waals surface area contributed by atoms with Crippen molar-refractivity contribution in [1.29, 1.82) is 0 Å². The maximum Gasteiger partial charge on any atom is 0.261 e. The van der Waals surface area contributed by atoms with Crippen LogP contribution in [0.3, 0.4) is 0 Å². The van der Waals surface area contributed by atoms with Gasteiger partial charge in [0.1, 0.15) is 11.5 Å². The van der Waals surface area contributed by atoms with Crippen LogP contribution in [0, 0.1) is 0 Å². The third kappa shape index (κ3) is 4.58. The third-order valence-electron chi connectivity index (χ3n) is 5.91. The van der Waals surface area contributed by atoms with E-state index in [0.717, 1.165) is 54.8 Å². The third-order valence-corrected chi connectivity index (χ3v) is 5.91. The number of hydrogen-bond acceptors (Lipinski definition) is 4. The van der Waals surface area contributed by atoms with E-state index >= 15 is 0 Å². The molecule has 0 spiro atoms. The molecule has 1 unspecified atom stereocenters. The first-order valence-corrected chi connectivity index (χ1v) is 10.6. The van der Waals surface area contributed by atoms with E-state index in [1.54, 1.807) is 13.2 Å². The van der Waals surface area contributed by atoms with E-state index < -0.39 is 0 Å². The Labute approximate surface area is 177 Å². The maximum atomic E-state index is 13.1. The molecule has 2 aliphatic rings. The zero-order valence-electron chi connectivity index (χ0n) is 17.4. The standard InChI is InChI=1S/C24H28N2O4/c1-29-19-9-6-17(7-10-19)22-5-3-2-4-14-26(22)24(28)16-30-20-11-12-21-18(15-20)8-13-23(27)25-21/h6-7,9-12,15,22H,2-5,8,13-14,16H2,1H3,(H,25,27). The lowest BCUT2D eigenvalue weighted by Crippen LogP contribution is -2.38. The van der Waals surface area contributed by atoms with Crippen LogP contribution in [0.5, 0.6) is 11.5 Å². The molecule has 2 heterocycles. The van der Waals surface area contributed by atoms with Crippen LogP contribution in [-0.2, 0) is 16.0 Å². The number of nitrogens with one attached hydrogen (secondary N) is 1. The molecule has 2 amide bonds. The van der Waals surface area contributed by atoms with Gasteiger partial charge in [0.2, 0.25) is 5.91 Å². The number of aryl methyl sites for hydroxylation is 1. The van der Waals surface area contributed by atoms with Crippen LogP contribution in [0.1, 0.15) is 49.3 Å². The number of amides is 2. The summed E-state index contributed by atoms with van der Waals surface area (Å²) in [7, 11) is 1.66. The Bertz CT molecular complexity index is 910. The number of hydrogen-bond donors (Lipinski definition) is 1. The largest absolute Gasteiger partial charge is 0.497 e. The molecule has 2 aromatic carbocycles. The van der Waals surface area contributed by atoms with Crippen molar-refractivity contribution in [2.24, 2.45) is 0 Å². The molecule has 1 atom stereocenters. The summed E-state index contributed by atoms with van der Waals surface area (Å²) in [4.78, 5) is 26.6. The number of benzene rings is 2. The van der Waals surface area contributed by atoms with Crippen molar-refractivity contribution < 1.29 is 19.1 Å². The number of methoxy groups -OCH3 is 1. The molecule has 158 valence electrons. The summed E-state index contributed by atoms with van der Waals surface area (Å²) in [5, 5.41) is 2.86. The Hall–Kier alpha value is -3.02. The maximum absolute atomic E-state index is 13.1. The van der Waals surface area contributed by atoms with Gasteiger partial charge in [-0.15, -0.1) is 0 Å². The van der Waals surface area contributed by atoms with Crippen LogP contribution < -0.4 is 14.8 Å². The second kappa shape index (κ2) is 9.20. The van der Waals surface area contributed by atoms with Gasteiger partial charge in [-0.3, -0.25) is 9.59 Å². The van der Waals surface area contributed by atoms with Gasteiger partial charge in [0.05, 0.1) is 13.2 Å². The molecule has 0 bridgehead atoms. The van der Waals surface area contributed by atoms with E-state index in [-0.39, 0.29) is 24.5 Å². The molecule has 30 heavy (non-hydrogen) atoms. The van der Waals surface area contributed by atoms with Crippen LogP contribution >= 0.6 is 0 Å². The molecule has 0 radical (unpaired) electrons. The van der Waals surface area contributed by atoms with Gasteiger partial charge in [0.15, 0.2) is 6.61 Å². The Morgan fingerprint density at radius 3 is 2.67 bits per heavy atom. The number of fused-ring (bicyclic) bond motifs is 1. The van der Waals surface area contributed by atoms with Gasteiger partial charge in [-0.05, 0) is 60.7 Å². The minimum absolute atomic E-state index is 0.00346. The van der Waals surface area contributed by atoms with Crippen LogP contribution in [0.25, 0.3) is 0 Å². The van der Waals surface area contributed by atoms with Gasteiger partial charge in [0, 0.05) is 18.7 Å². The second-order valence-corrected chi connectivity index (χ2v) is 7.88. The van der Waals surface area contributed by atoms with Crippen LogP contribution in [-0.4, -0.2) is 37.0 Å². The van der Waals surface area contributed by atoms with E-state index in [2.05, 4.69) is 5.32 Å². The number of likely N-dealkylation sites (tertiary alicyclic amines) is 1. The van der Waals surface area contributed by atoms with E-state index in [1.165, 1.54) is 0 Å². The lowest BCUT2D eigenvalue weighted by Gasteiger charge is -2.30. The summed E-state index contributed by atoms with van der Waals surface area (Å²) >= 11 is 0. The Balaban J connectivity index is 1.44. The molecular formula is C24H28N2O4. The lowest BCUT2D eigenvalue weighted by molar-refractivity contribution is -0.135. The van der Waals surface area contributed by atoms with Crippen molar-refractivity contribution in [1.82, 2.24) is 4.90 Å². The van der Waals surface area contributed by atoms with E-state index in [0.29, 0.717) is 18.6 Å². The fourth-order valence-electron chi connectivity index (χ4n) is 4.26. The van der Waals surface area contributed by atoms with E-state index in [1.807, 2.05) is 41.3 Å². The molecule has 0 aromatic heterocycles. The zero-order chi connectivity index (χ0) is 20.9. The van der Waals surface area contributed by atoms with Crippen LogP contribution in [0.2, 0.25) is 0 Å². The van der Waals surface area contributed by atoms with Crippen molar-refractivity contribution in [3.8, 4) is 11.5 Å². The number of nitrogens with zero attached hydrogens (tertiary/aromatic N) is 1. The molecule has 0 saturated carbocycles. The first-order valence-electron chi connectivity index (χ1n) is 10.6. The van der Waals surface area contributed by atoms with Crippen molar-refractivity contribution in [3.05, 3.63) is 53.6 Å². The Morgan fingerprint density at radius 2 is 1.87 bits per heavy atom. The molecule has 2 aliphatic heterocycles. The highest BCUT2D eigenvalue weighted by atomic mass is 16.5. The molecular weight excluding hydrogens is 380 g/mol. The predicted octanol–water partition coefficient (Wildman–Crippen LogP) is 4.10. The normalized spacial score (nSPS) is 18.8. The molecule has 1 fully saturated rings. The SMILES string of the molecule is COc1ccc(C2CCCCCN2C(=O)COc2ccc3c(c2)CCC(=O)N3)cc1. The van der Waals surface area contributed by atoms with Crippen LogP contribution in [0.15, 0.2) is 42.5 Å². The number of carbonyl (C=O) groups excluding carboxylic acids is 2. The number of rotatable bonds is 5. The predicted molar refractivity (Wildman–Crippen MR) is 115 cm³/mol. The summed E-state index contributed by atoms with van der Waals surface area (Å²) < 4.78 is 11.1. The van der Waals surface area contributed by atoms with Crippen LogP contribution in [0.4, 0.5) is 5.69 Å². The fourth-order valence-corrected chi connectivity index (χ4v) is 4.26. The monoisotopic (exact) mass is 408 g/mol. The smallest absolute Gasteiger partial charge is 0.261 e. The Kier molecular flexibility index (Phi) is 6.21. The van der Waals surface area contributed by atoms with Gasteiger partial charge >= 0.3 is 0 Å². The van der Waals surface area contributed by atoms with Gasteiger partial charge in [0.25, 0.3) is 5.91 Å². The number of anilines is 1. The summed E-state index contributed by atoms with van der Waals surface area (Å²) in [6.45, 7) is 0.757. The van der Waals surface area contributed by atoms with Gasteiger partial charge in [-0.2, -0.15) is 0 Å². The van der Waals surface area contributed by atoms with Gasteiger partial charge < -0.3 is 19.7 Å². The number of ether oxygens (including phenoxy) is 2. The quantitative estimate of drug-likeness (QED) is 0.809. The van der Waals surface area contributed by atoms with Gasteiger partial charge in [-0.1, -0.05) is 25.0 Å². The summed E-state index contributed by atoms with van der Waals surface area (Å²) in [6.07, 6.45) is 5.38. The van der Waals surface area contributed by atoms with Crippen molar-refractivity contribution in [2.45, 2.75) is 44.6 Å². The molecule has 2 aromatic rings. The van der Waals surface area contributed by atoms with Crippen molar-refractivity contribution in [2.75, 3.05) is 25.6 Å². The summed E-state index contributed by atoms with van der Waals surface area (Å²) in [5.74, 6) is 1.52. The molecule has 6 nitrogen and oxygen atoms in total. The summed E-state index contributed by atoms with van der Waals surface area (Å²) in [6, 6.07) is 13.6. The molecule has 1 N–H and O–H groups in total. The lowest BCUT2D eigenvalue weighted by atomic mass is 10.0. The average Bonchev–Trinajstić information content (AvgIpc) is 3.03. The summed E-state index contributed by atoms with van der Waals surface area (Å²) in [5.41, 5.74) is 3.01. The number of carbonyl (C=O) groups is 2. The van der Waals surface area contributed by atoms with E-state index in [9.17, 15) is 9.59 Å². The highest BCUT2D eigenvalue weighted by molar-refractivity contribution is 5.94. The highest BCUT2D eigenvalue weighted by Crippen LogP contribution is 2.32. The van der Waals surface area contributed by atoms with Crippen molar-refractivity contribution in [3.63, 3.8) is 0 Å². The first-order chi connectivity index (χ1) is 14.6. The second-order valence-electron chi connectivity index (χ2n) is 7.88. The average molecular weight is 408 g/mol. The molecule has 1 saturated heterocycles. The first kappa shape index (κ1) is 20.3. The minimum atomic E-state index is 0.00346. The fraction of sp³-hybridized carbons (Fsp3) is 0.417. The molecule has 6 heteroatoms. The highest BCUT2D eigenvalue weighted by Gasteiger charge is 2.27. The Morgan fingerprint density at radius 1 is 1.07 bits per heavy atom. The molecule has 4 rings (SSSR count). The zero-order valence-corrected chi connectivity index (χ0v) is 17.4. The topological polar surface area (TPSA) is 67.9 Å². The van der Waals surface area contributed by atoms with Crippen molar-refractivity contribution >= 4 is 17.5 Å². The van der Waals surface area contributed by atoms with E-state index in [4.69, 9.17) is 9.47 Å². The molecule has 0 aliphatic carbocycles. The minimum Gasteiger partial charge on any atom is -0.497 e. The van der Waals surface area contributed by atoms with Gasteiger partial charge in [-0.25, -0.2) is 0 Å².